The SMILES string of the molecule is C/C=C1\NC(=O)[C@H]2CSSCC/C=C/[C@H](CC(=O)N[C@H](C(C)C)C(=O)N2)OC(=O)[C@H](C(C)C)NC1=O.CC(C)C[C@H](NC(=O)[C@H](Cc1ccccc1)NC(=O)c1cnccn1)B(O)O.C[C@@H]1C[C@H]2[C@@H]3CCC4=CC(=O)C=C[C@]4(C)[C@@]3(F)[C@@H](O)C[C@]2(C)[C@@]1(O)C(=O)CO. The van der Waals surface area contributed by atoms with Gasteiger partial charge in [-0.2, -0.15) is 0 Å². The number of Topliss-reactive ketones (excluding diaryl/α,β-unsaturated/α-hetero) is 1. The fourth-order valence-corrected chi connectivity index (χ4v) is 15.7. The number of aromatic nitrogens is 2. The third kappa shape index (κ3) is 17.2. The Bertz CT molecular complexity index is 3120. The molecule has 2 aliphatic heterocycles. The van der Waals surface area contributed by atoms with Crippen LogP contribution in [-0.4, -0.2) is 167 Å². The molecule has 11 N–H and O–H groups in total. The highest BCUT2D eigenvalue weighted by atomic mass is 33.1. The van der Waals surface area contributed by atoms with Gasteiger partial charge in [0.15, 0.2) is 17.2 Å². The van der Waals surface area contributed by atoms with Crippen LogP contribution in [0.2, 0.25) is 0 Å². The van der Waals surface area contributed by atoms with E-state index in [1.807, 2.05) is 50.3 Å². The number of hydrogen-bond donors (Lipinski definition) is 11. The smallest absolute Gasteiger partial charge is 0.456 e. The van der Waals surface area contributed by atoms with E-state index in [-0.39, 0.29) is 65.9 Å². The van der Waals surface area contributed by atoms with Gasteiger partial charge in [-0.3, -0.25) is 43.3 Å². The highest BCUT2D eigenvalue weighted by Crippen LogP contribution is 2.70. The van der Waals surface area contributed by atoms with Gasteiger partial charge in [-0.1, -0.05) is 131 Å². The Morgan fingerprint density at radius 2 is 1.62 bits per heavy atom. The number of amides is 6. The number of fused-ring (bicyclic) bond motifs is 12. The lowest BCUT2D eigenvalue weighted by Crippen LogP contribution is -2.69. The largest absolute Gasteiger partial charge is 0.475 e. The van der Waals surface area contributed by atoms with E-state index in [4.69, 9.17) is 4.74 Å². The number of nitrogens with one attached hydrogen (secondary N) is 6. The number of rotatable bonds is 13. The fourth-order valence-electron chi connectivity index (χ4n) is 13.5. The second-order valence-electron chi connectivity index (χ2n) is 26.0. The number of alkyl halides is 1. The highest BCUT2D eigenvalue weighted by molar-refractivity contribution is 8.76. The quantitative estimate of drug-likeness (QED) is 0.0448. The molecule has 502 valence electrons. The molecule has 6 aliphatic rings. The second kappa shape index (κ2) is 32.5. The normalized spacial score (nSPS) is 31.5. The maximum absolute atomic E-state index is 16.9. The Morgan fingerprint density at radius 1 is 0.924 bits per heavy atom. The predicted octanol–water partition coefficient (Wildman–Crippen LogP) is 3.69. The van der Waals surface area contributed by atoms with Crippen LogP contribution < -0.4 is 31.9 Å². The predicted molar refractivity (Wildman–Crippen MR) is 345 cm³/mol. The number of esters is 1. The average Bonchev–Trinajstić information content (AvgIpc) is 1.35. The molecular weight excluding hydrogens is 1230 g/mol. The van der Waals surface area contributed by atoms with Crippen LogP contribution >= 0.6 is 21.6 Å². The molecule has 1 aromatic carbocycles. The zero-order chi connectivity index (χ0) is 68.0. The third-order valence-electron chi connectivity index (χ3n) is 18.5. The van der Waals surface area contributed by atoms with Crippen LogP contribution in [0.15, 0.2) is 96.6 Å². The van der Waals surface area contributed by atoms with Crippen molar-refractivity contribution in [2.45, 2.75) is 174 Å². The van der Waals surface area contributed by atoms with Crippen molar-refractivity contribution in [2.75, 3.05) is 18.1 Å². The second-order valence-corrected chi connectivity index (χ2v) is 28.6. The Morgan fingerprint density at radius 3 is 2.24 bits per heavy atom. The summed E-state index contributed by atoms with van der Waals surface area (Å²) in [5, 5.41) is 67.1. The number of ether oxygens (including phenoxy) is 1. The van der Waals surface area contributed by atoms with E-state index in [1.165, 1.54) is 58.4 Å². The lowest BCUT2D eigenvalue weighted by molar-refractivity contribution is -0.219. The van der Waals surface area contributed by atoms with Gasteiger partial charge in [0, 0.05) is 47.1 Å². The molecule has 4 fully saturated rings. The minimum absolute atomic E-state index is 0.0445. The van der Waals surface area contributed by atoms with E-state index in [0.29, 0.717) is 43.4 Å². The summed E-state index contributed by atoms with van der Waals surface area (Å²) in [7, 11) is 1.25. The summed E-state index contributed by atoms with van der Waals surface area (Å²) in [5.74, 6) is -6.38. The molecule has 2 bridgehead atoms. The summed E-state index contributed by atoms with van der Waals surface area (Å²) in [5.41, 5.74) is -4.27. The van der Waals surface area contributed by atoms with Crippen molar-refractivity contribution in [1.29, 1.82) is 0 Å². The van der Waals surface area contributed by atoms with Gasteiger partial charge in [0.2, 0.25) is 23.6 Å². The van der Waals surface area contributed by atoms with Crippen molar-refractivity contribution >= 4 is 81.7 Å². The van der Waals surface area contributed by atoms with Gasteiger partial charge in [-0.15, -0.1) is 0 Å². The Labute approximate surface area is 545 Å². The average molecular weight is 1320 g/mol. The van der Waals surface area contributed by atoms with Gasteiger partial charge in [0.25, 0.3) is 11.8 Å². The van der Waals surface area contributed by atoms with Crippen LogP contribution in [0.1, 0.15) is 130 Å². The van der Waals surface area contributed by atoms with Crippen molar-refractivity contribution in [2.24, 2.45) is 46.3 Å². The summed E-state index contributed by atoms with van der Waals surface area (Å²) in [6.07, 6.45) is 13.7. The molecule has 8 rings (SSSR count). The van der Waals surface area contributed by atoms with Gasteiger partial charge in [-0.25, -0.2) is 14.2 Å². The summed E-state index contributed by atoms with van der Waals surface area (Å²) in [6, 6.07) is 5.46. The van der Waals surface area contributed by atoms with Crippen molar-refractivity contribution in [3.8, 4) is 0 Å². The minimum atomic E-state index is -1.98. The van der Waals surface area contributed by atoms with E-state index < -0.39 is 137 Å². The first-order chi connectivity index (χ1) is 43.4. The molecule has 0 unspecified atom stereocenters. The minimum Gasteiger partial charge on any atom is -0.456 e. The van der Waals surface area contributed by atoms with Crippen molar-refractivity contribution < 1.29 is 77.6 Å². The van der Waals surface area contributed by atoms with Crippen LogP contribution in [-0.2, 0) is 49.5 Å². The highest BCUT2D eigenvalue weighted by Gasteiger charge is 2.75. The Balaban J connectivity index is 0.000000221. The number of aliphatic hydroxyl groups excluding tert-OH is 2. The molecule has 14 atom stereocenters. The number of nitrogens with zero attached hydrogens (tertiary/aromatic N) is 2. The van der Waals surface area contributed by atoms with Crippen LogP contribution in [0.4, 0.5) is 4.39 Å². The van der Waals surface area contributed by atoms with Gasteiger partial charge in [0.05, 0.1) is 24.7 Å². The van der Waals surface area contributed by atoms with E-state index in [0.717, 1.165) is 5.56 Å². The number of allylic oxidation sites excluding steroid dienone is 6. The molecule has 1 aromatic heterocycles. The van der Waals surface area contributed by atoms with Gasteiger partial charge in [-0.05, 0) is 106 Å². The number of hydrogen-bond acceptors (Lipinski definition) is 19. The van der Waals surface area contributed by atoms with Crippen molar-refractivity contribution in [3.05, 3.63) is 108 Å². The number of halogens is 1. The van der Waals surface area contributed by atoms with Crippen LogP contribution in [0.5, 0.6) is 0 Å². The molecule has 2 aromatic rings. The molecule has 6 amide bonds. The third-order valence-corrected chi connectivity index (χ3v) is 20.9. The molecule has 3 heterocycles. The maximum Gasteiger partial charge on any atom is 0.475 e. The summed E-state index contributed by atoms with van der Waals surface area (Å²) in [4.78, 5) is 123. The monoisotopic (exact) mass is 1320 g/mol. The first-order valence-electron chi connectivity index (χ1n) is 31.3. The molecule has 3 saturated carbocycles. The van der Waals surface area contributed by atoms with Crippen LogP contribution in [0, 0.1) is 46.3 Å². The Hall–Kier alpha value is -6.62. The lowest BCUT2D eigenvalue weighted by atomic mass is 9.44. The van der Waals surface area contributed by atoms with Gasteiger partial charge >= 0.3 is 13.1 Å². The standard InChI is InChI=1S/C24H36N4O6S2.C22H29FO5.C19H25BN4O4/c1-6-16-21(30)28-20(14(4)5)24(33)34-15-9-7-8-10-35-36-12-17(22(31)25-16)26-23(32)19(13(2)3)27-18(29)11-15;1-12-8-16-15-5-4-13-9-14(25)6-7-19(13,2)21(15,23)17(26)10-20(16,3)22(12,28)18(27)11-24;1-13(2)10-17(20(27)28)24-18(25)15(11-14-6-4-3-5-7-14)23-19(26)16-12-21-8-9-22-16/h6-7,9,13-15,17,19-20H,8,10-12H2,1-5H3,(H,25,31)(H,26,32)(H,27,29)(H,28,30);6-7,9,12,15-17,24,26,28H,4-5,8,10-11H2,1-3H3;3-9,12-13,15,17,27-28H,10-11H2,1-2H3,(H,23,26)(H,24,25)/b9-7+,16-6-;;/t15-,17-,19-,20+;12-,15+,16+,17+,19+,20+,21+,22+;15-,17-/m110/s1. The topological polar surface area (TPSA) is 362 Å². The molecule has 23 nitrogen and oxygen atoms in total. The Kier molecular flexibility index (Phi) is 26.3. The van der Waals surface area contributed by atoms with E-state index in [9.17, 15) is 68.5 Å². The van der Waals surface area contributed by atoms with Crippen molar-refractivity contribution in [3.63, 3.8) is 0 Å². The first kappa shape index (κ1) is 74.4. The molecule has 1 saturated heterocycles. The van der Waals surface area contributed by atoms with E-state index in [1.54, 1.807) is 67.5 Å². The fraction of sp³-hybridized carbons (Fsp3) is 0.585. The van der Waals surface area contributed by atoms with E-state index >= 15 is 4.39 Å². The van der Waals surface area contributed by atoms with Crippen LogP contribution in [0.3, 0.4) is 0 Å². The summed E-state index contributed by atoms with van der Waals surface area (Å²) >= 11 is 0. The lowest BCUT2D eigenvalue weighted by Gasteiger charge is -2.62. The molecule has 0 spiro atoms. The molecule has 4 aliphatic carbocycles. The van der Waals surface area contributed by atoms with Gasteiger partial charge in [0.1, 0.15) is 53.9 Å². The summed E-state index contributed by atoms with van der Waals surface area (Å²) in [6.45, 7) is 17.0. The molecule has 92 heavy (non-hydrogen) atoms. The maximum atomic E-state index is 16.9. The van der Waals surface area contributed by atoms with Crippen LogP contribution in [0.25, 0.3) is 0 Å². The number of carbonyl (C=O) groups is 9. The number of ketones is 2. The molecule has 0 radical (unpaired) electrons. The molecule has 27 heteroatoms. The zero-order valence-electron chi connectivity index (χ0n) is 53.9. The van der Waals surface area contributed by atoms with Gasteiger partial charge < -0.3 is 62.0 Å². The molecular formula is C65H90BFN8O15S2. The number of benzene rings is 1. The van der Waals surface area contributed by atoms with Crippen molar-refractivity contribution in [1.82, 2.24) is 41.9 Å². The first-order valence-corrected chi connectivity index (χ1v) is 33.8. The zero-order valence-corrected chi connectivity index (χ0v) is 55.5. The number of carbonyl (C=O) groups excluding carboxylic acids is 9. The summed E-state index contributed by atoms with van der Waals surface area (Å²) < 4.78 is 22.5. The number of aliphatic hydroxyl groups is 3. The van der Waals surface area contributed by atoms with E-state index in [2.05, 4.69) is 41.9 Å².